The van der Waals surface area contributed by atoms with Crippen molar-refractivity contribution in [3.63, 3.8) is 0 Å². The zero-order chi connectivity index (χ0) is 17.6. The molecule has 132 valence electrons. The summed E-state index contributed by atoms with van der Waals surface area (Å²) in [4.78, 5) is 24.0. The SMILES string of the molecule is CCc1cccc(CC)c1NC(=O)CC1(CC(=O)O)CCCCC1. The predicted octanol–water partition coefficient (Wildman–Crippen LogP) is 4.57. The Bertz CT molecular complexity index is 566. The molecule has 4 heteroatoms. The molecule has 1 saturated carbocycles. The minimum Gasteiger partial charge on any atom is -0.481 e. The van der Waals surface area contributed by atoms with E-state index in [2.05, 4.69) is 19.2 Å². The average molecular weight is 331 g/mol. The van der Waals surface area contributed by atoms with Gasteiger partial charge in [-0.15, -0.1) is 0 Å². The second kappa shape index (κ2) is 8.32. The molecule has 0 heterocycles. The van der Waals surface area contributed by atoms with E-state index < -0.39 is 5.97 Å². The van der Waals surface area contributed by atoms with Crippen LogP contribution in [0.25, 0.3) is 0 Å². The second-order valence-corrected chi connectivity index (χ2v) is 7.01. The molecular weight excluding hydrogens is 302 g/mol. The van der Waals surface area contributed by atoms with Gasteiger partial charge in [0.25, 0.3) is 0 Å². The first-order chi connectivity index (χ1) is 11.5. The number of carbonyl (C=O) groups is 2. The van der Waals surface area contributed by atoms with Gasteiger partial charge in [-0.1, -0.05) is 51.3 Å². The number of carbonyl (C=O) groups excluding carboxylic acids is 1. The molecule has 0 aliphatic heterocycles. The number of aliphatic carboxylic acids is 1. The molecule has 2 rings (SSSR count). The lowest BCUT2D eigenvalue weighted by molar-refractivity contribution is -0.140. The Morgan fingerprint density at radius 2 is 1.62 bits per heavy atom. The first-order valence-corrected chi connectivity index (χ1v) is 9.12. The smallest absolute Gasteiger partial charge is 0.303 e. The van der Waals surface area contributed by atoms with Gasteiger partial charge in [0.05, 0.1) is 6.42 Å². The second-order valence-electron chi connectivity index (χ2n) is 7.01. The summed E-state index contributed by atoms with van der Waals surface area (Å²) >= 11 is 0. The average Bonchev–Trinajstić information content (AvgIpc) is 2.54. The van der Waals surface area contributed by atoms with Crippen LogP contribution in [0, 0.1) is 5.41 Å². The zero-order valence-electron chi connectivity index (χ0n) is 14.9. The lowest BCUT2D eigenvalue weighted by Crippen LogP contribution is -2.32. The van der Waals surface area contributed by atoms with E-state index in [0.717, 1.165) is 61.8 Å². The van der Waals surface area contributed by atoms with Crippen molar-refractivity contribution < 1.29 is 14.7 Å². The Labute approximate surface area is 144 Å². The van der Waals surface area contributed by atoms with Crippen molar-refractivity contribution >= 4 is 17.6 Å². The van der Waals surface area contributed by atoms with E-state index in [0.29, 0.717) is 6.42 Å². The molecule has 4 nitrogen and oxygen atoms in total. The first-order valence-electron chi connectivity index (χ1n) is 9.12. The number of aryl methyl sites for hydroxylation is 2. The van der Waals surface area contributed by atoms with Gasteiger partial charge in [0.15, 0.2) is 0 Å². The van der Waals surface area contributed by atoms with E-state index in [1.54, 1.807) is 0 Å². The molecule has 0 bridgehead atoms. The molecule has 1 amide bonds. The van der Waals surface area contributed by atoms with Gasteiger partial charge < -0.3 is 10.4 Å². The van der Waals surface area contributed by atoms with Crippen molar-refractivity contribution in [2.75, 3.05) is 5.32 Å². The maximum atomic E-state index is 12.7. The van der Waals surface area contributed by atoms with Gasteiger partial charge in [-0.05, 0) is 42.2 Å². The van der Waals surface area contributed by atoms with Crippen molar-refractivity contribution in [3.05, 3.63) is 29.3 Å². The molecule has 1 aromatic carbocycles. The standard InChI is InChI=1S/C20H29NO3/c1-3-15-9-8-10-16(4-2)19(15)21-17(22)13-20(14-18(23)24)11-6-5-7-12-20/h8-10H,3-7,11-14H2,1-2H3,(H,21,22)(H,23,24). The molecular formula is C20H29NO3. The molecule has 2 N–H and O–H groups in total. The zero-order valence-corrected chi connectivity index (χ0v) is 14.9. The number of carboxylic acid groups (broad SMARTS) is 1. The molecule has 0 aromatic heterocycles. The number of amides is 1. The quantitative estimate of drug-likeness (QED) is 0.769. The lowest BCUT2D eigenvalue weighted by Gasteiger charge is -2.35. The molecule has 0 saturated heterocycles. The van der Waals surface area contributed by atoms with E-state index in [1.807, 2.05) is 18.2 Å². The van der Waals surface area contributed by atoms with E-state index in [4.69, 9.17) is 0 Å². The Kier molecular flexibility index (Phi) is 6.41. The van der Waals surface area contributed by atoms with Crippen LogP contribution >= 0.6 is 0 Å². The van der Waals surface area contributed by atoms with Gasteiger partial charge in [0, 0.05) is 12.1 Å². The maximum absolute atomic E-state index is 12.7. The highest BCUT2D eigenvalue weighted by molar-refractivity contribution is 5.93. The Morgan fingerprint density at radius 3 is 2.12 bits per heavy atom. The minimum atomic E-state index is -0.798. The number of rotatable bonds is 7. The molecule has 1 fully saturated rings. The fraction of sp³-hybridized carbons (Fsp3) is 0.600. The molecule has 0 spiro atoms. The summed E-state index contributed by atoms with van der Waals surface area (Å²) in [5.41, 5.74) is 2.83. The van der Waals surface area contributed by atoms with Gasteiger partial charge in [-0.25, -0.2) is 0 Å². The third-order valence-electron chi connectivity index (χ3n) is 5.24. The van der Waals surface area contributed by atoms with Gasteiger partial charge >= 0.3 is 5.97 Å². The number of nitrogens with one attached hydrogen (secondary N) is 1. The largest absolute Gasteiger partial charge is 0.481 e. The third-order valence-corrected chi connectivity index (χ3v) is 5.24. The highest BCUT2D eigenvalue weighted by atomic mass is 16.4. The van der Waals surface area contributed by atoms with Crippen molar-refractivity contribution in [3.8, 4) is 0 Å². The number of hydrogen-bond donors (Lipinski definition) is 2. The van der Waals surface area contributed by atoms with Crippen LogP contribution in [-0.4, -0.2) is 17.0 Å². The summed E-state index contributed by atoms with van der Waals surface area (Å²) in [5.74, 6) is -0.846. The van der Waals surface area contributed by atoms with Gasteiger partial charge in [-0.3, -0.25) is 9.59 Å². The Hall–Kier alpha value is -1.84. The lowest BCUT2D eigenvalue weighted by atomic mass is 9.69. The summed E-state index contributed by atoms with van der Waals surface area (Å²) in [6.07, 6.45) is 6.98. The van der Waals surface area contributed by atoms with E-state index in [9.17, 15) is 14.7 Å². The van der Waals surface area contributed by atoms with Gasteiger partial charge in [0.1, 0.15) is 0 Å². The topological polar surface area (TPSA) is 66.4 Å². The highest BCUT2D eigenvalue weighted by Gasteiger charge is 2.36. The Morgan fingerprint density at radius 1 is 1.04 bits per heavy atom. The van der Waals surface area contributed by atoms with Crippen LogP contribution < -0.4 is 5.32 Å². The molecule has 1 aromatic rings. The number of benzene rings is 1. The number of anilines is 1. The summed E-state index contributed by atoms with van der Waals surface area (Å²) in [7, 11) is 0. The summed E-state index contributed by atoms with van der Waals surface area (Å²) in [5, 5.41) is 12.4. The van der Waals surface area contributed by atoms with Crippen LogP contribution in [0.3, 0.4) is 0 Å². The molecule has 1 aliphatic carbocycles. The van der Waals surface area contributed by atoms with Gasteiger partial charge in [0.2, 0.25) is 5.91 Å². The number of carboxylic acids is 1. The normalized spacial score (nSPS) is 16.6. The Balaban J connectivity index is 2.15. The first kappa shape index (κ1) is 18.5. The maximum Gasteiger partial charge on any atom is 0.303 e. The monoisotopic (exact) mass is 331 g/mol. The fourth-order valence-electron chi connectivity index (χ4n) is 3.97. The van der Waals surface area contributed by atoms with Gasteiger partial charge in [-0.2, -0.15) is 0 Å². The van der Waals surface area contributed by atoms with Crippen LogP contribution in [0.2, 0.25) is 0 Å². The molecule has 0 radical (unpaired) electrons. The van der Waals surface area contributed by atoms with Crippen LogP contribution in [0.5, 0.6) is 0 Å². The summed E-state index contributed by atoms with van der Waals surface area (Å²) < 4.78 is 0. The van der Waals surface area contributed by atoms with Crippen LogP contribution in [0.15, 0.2) is 18.2 Å². The van der Waals surface area contributed by atoms with Crippen molar-refractivity contribution in [2.45, 2.75) is 71.6 Å². The van der Waals surface area contributed by atoms with Crippen molar-refractivity contribution in [1.82, 2.24) is 0 Å². The highest BCUT2D eigenvalue weighted by Crippen LogP contribution is 2.42. The van der Waals surface area contributed by atoms with E-state index >= 15 is 0 Å². The predicted molar refractivity (Wildman–Crippen MR) is 96.2 cm³/mol. The number of para-hydroxylation sites is 1. The molecule has 24 heavy (non-hydrogen) atoms. The molecule has 0 atom stereocenters. The minimum absolute atomic E-state index is 0.0475. The summed E-state index contributed by atoms with van der Waals surface area (Å²) in [6, 6.07) is 6.12. The van der Waals surface area contributed by atoms with Crippen LogP contribution in [-0.2, 0) is 22.4 Å². The van der Waals surface area contributed by atoms with Crippen LogP contribution in [0.4, 0.5) is 5.69 Å². The number of hydrogen-bond acceptors (Lipinski definition) is 2. The van der Waals surface area contributed by atoms with Crippen LogP contribution in [0.1, 0.15) is 69.9 Å². The van der Waals surface area contributed by atoms with Crippen molar-refractivity contribution in [1.29, 1.82) is 0 Å². The van der Waals surface area contributed by atoms with E-state index in [-0.39, 0.29) is 17.7 Å². The molecule has 1 aliphatic rings. The summed E-state index contributed by atoms with van der Waals surface area (Å²) in [6.45, 7) is 4.16. The fourth-order valence-corrected chi connectivity index (χ4v) is 3.97. The third kappa shape index (κ3) is 4.59. The van der Waals surface area contributed by atoms with Crippen molar-refractivity contribution in [2.24, 2.45) is 5.41 Å². The molecule has 0 unspecified atom stereocenters. The van der Waals surface area contributed by atoms with E-state index in [1.165, 1.54) is 0 Å².